The molecule has 16 atom stereocenters. The first-order valence-electron chi connectivity index (χ1n) is 36.2. The average Bonchev–Trinajstić information content (AvgIpc) is 0.757. The fourth-order valence-electron chi connectivity index (χ4n) is 13.6. The Morgan fingerprint density at radius 2 is 1.02 bits per heavy atom. The van der Waals surface area contributed by atoms with E-state index in [1.807, 2.05) is 159 Å². The van der Waals surface area contributed by atoms with Gasteiger partial charge in [0.05, 0.1) is 73.7 Å². The van der Waals surface area contributed by atoms with Gasteiger partial charge in [-0.05, 0) is 83.5 Å². The molecule has 1 saturated carbocycles. The van der Waals surface area contributed by atoms with E-state index in [2.05, 4.69) is 0 Å². The molecule has 0 bridgehead atoms. The Bertz CT molecular complexity index is 3440. The normalized spacial score (nSPS) is 26.2. The van der Waals surface area contributed by atoms with E-state index in [1.54, 1.807) is 12.1 Å². The van der Waals surface area contributed by atoms with Gasteiger partial charge in [-0.15, -0.1) is 0 Å². The first kappa shape index (κ1) is 81.8. The summed E-state index contributed by atoms with van der Waals surface area (Å²) in [6.07, 6.45) is -10.9. The van der Waals surface area contributed by atoms with Crippen molar-refractivity contribution in [3.63, 3.8) is 0 Å². The molecule has 3 saturated heterocycles. The second-order valence-electron chi connectivity index (χ2n) is 26.7. The minimum absolute atomic E-state index is 0. The molecular formula is C81H102NNaO21. The number of carboxylic acid groups (broad SMARTS) is 1. The number of carbonyl (C=O) groups is 2. The number of benzene rings is 6. The smallest absolute Gasteiger partial charge is 0.858 e. The van der Waals surface area contributed by atoms with E-state index in [9.17, 15) is 24.9 Å². The van der Waals surface area contributed by atoms with Crippen LogP contribution in [0.1, 0.15) is 124 Å². The number of carbonyl (C=O) groups excluding carboxylic acids is 1. The molecule has 4 fully saturated rings. The molecule has 0 unspecified atom stereocenters. The molecule has 0 aromatic heterocycles. The first-order chi connectivity index (χ1) is 50.4. The van der Waals surface area contributed by atoms with Gasteiger partial charge in [-0.3, -0.25) is 9.79 Å². The Balaban J connectivity index is 0.0000125. The van der Waals surface area contributed by atoms with Gasteiger partial charge in [0, 0.05) is 13.0 Å². The van der Waals surface area contributed by atoms with Crippen molar-refractivity contribution in [3.05, 3.63) is 203 Å². The summed E-state index contributed by atoms with van der Waals surface area (Å²) in [5.41, 5.74) is 4.37. The summed E-state index contributed by atoms with van der Waals surface area (Å²) in [6, 6.07) is 51.2. The summed E-state index contributed by atoms with van der Waals surface area (Å²) < 4.78 is 99.5. The van der Waals surface area contributed by atoms with Gasteiger partial charge in [-0.2, -0.15) is 0 Å². The standard InChI is InChI=1S/C81H103NO21.Na/c1-54-71(95-49-58-35-21-12-22-36-58)75(96-50-59-37-23-13-24-38-59)76(97-51-60-39-25-14-26-40-60)81(98-54)103-73-68(82-77(86)61-42-43-62(89-2)63(46-61)90-3)79(94-44-28-8-6-5-7-27-41-67(83)91-4)101-66(53-93-48-57-33-19-11-20-34-57)72(73)102-80-70(85)74(99-64(78(87)88)45-55-29-15-9-16-30-55)69(84)65(100-80)52-92-47-56-31-17-10-18-32-56;/h10-14,17-26,31-40,42-43,46,54-55,64-66,68-76,79-81,84-85H,5-9,15-16,27-30,41,44-45,47-53H2,1-4H3,(H,82,86)(H,87,88);/q;+1/p-1/t54-,64-,65+,66+,68+,69-,70+,71+,72+,73+,74-,75+,76-,79+,80-,81-;/m0./s1. The molecule has 1 aliphatic carbocycles. The van der Waals surface area contributed by atoms with Gasteiger partial charge in [0.25, 0.3) is 0 Å². The van der Waals surface area contributed by atoms with Crippen molar-refractivity contribution >= 4 is 17.8 Å². The van der Waals surface area contributed by atoms with Gasteiger partial charge in [-0.1, -0.05) is 216 Å². The van der Waals surface area contributed by atoms with Crippen LogP contribution in [-0.4, -0.2) is 172 Å². The predicted octanol–water partition coefficient (Wildman–Crippen LogP) is 7.79. The Hall–Kier alpha value is -6.23. The Morgan fingerprint density at radius 1 is 0.519 bits per heavy atom. The summed E-state index contributed by atoms with van der Waals surface area (Å²) in [5.74, 6) is -1.61. The van der Waals surface area contributed by atoms with Gasteiger partial charge in [0.2, 0.25) is 0 Å². The van der Waals surface area contributed by atoms with E-state index in [4.69, 9.17) is 76.0 Å². The van der Waals surface area contributed by atoms with E-state index in [0.29, 0.717) is 25.0 Å². The molecule has 558 valence electrons. The third kappa shape index (κ3) is 24.4. The maximum absolute atomic E-state index is 15.4. The zero-order chi connectivity index (χ0) is 72.1. The monoisotopic (exact) mass is 1450 g/mol. The second-order valence-corrected chi connectivity index (χ2v) is 26.7. The summed E-state index contributed by atoms with van der Waals surface area (Å²) in [4.78, 5) is 30.3. The van der Waals surface area contributed by atoms with Crippen LogP contribution < -0.4 is 44.1 Å². The minimum Gasteiger partial charge on any atom is -0.858 e. The number of hydrogen-bond acceptors (Lipinski definition) is 21. The van der Waals surface area contributed by atoms with Crippen molar-refractivity contribution in [2.75, 3.05) is 41.2 Å². The van der Waals surface area contributed by atoms with Gasteiger partial charge >= 0.3 is 41.5 Å². The zero-order valence-corrected chi connectivity index (χ0v) is 62.5. The third-order valence-electron chi connectivity index (χ3n) is 19.3. The largest absolute Gasteiger partial charge is 1.00 e. The van der Waals surface area contributed by atoms with Crippen molar-refractivity contribution in [3.8, 4) is 11.5 Å². The van der Waals surface area contributed by atoms with Crippen LogP contribution in [0.15, 0.2) is 175 Å². The molecule has 0 amide bonds. The Kier molecular flexibility index (Phi) is 34.3. The van der Waals surface area contributed by atoms with Crippen molar-refractivity contribution < 1.29 is 131 Å². The number of methoxy groups -OCH3 is 3. The molecule has 6 aromatic carbocycles. The van der Waals surface area contributed by atoms with Gasteiger partial charge < -0.3 is 91.5 Å². The van der Waals surface area contributed by atoms with Gasteiger partial charge in [0.1, 0.15) is 67.1 Å². The molecule has 23 heteroatoms. The molecule has 22 nitrogen and oxygen atoms in total. The van der Waals surface area contributed by atoms with E-state index >= 15 is 5.11 Å². The number of unbranched alkanes of at least 4 members (excludes halogenated alkanes) is 5. The van der Waals surface area contributed by atoms with Gasteiger partial charge in [-0.25, -0.2) is 4.79 Å². The van der Waals surface area contributed by atoms with Crippen LogP contribution in [-0.2, 0) is 104 Å². The van der Waals surface area contributed by atoms with Crippen LogP contribution in [0.5, 0.6) is 11.5 Å². The Labute approximate surface area is 633 Å². The number of rotatable bonds is 40. The van der Waals surface area contributed by atoms with E-state index < -0.39 is 110 Å². The van der Waals surface area contributed by atoms with E-state index in [-0.39, 0.29) is 112 Å². The van der Waals surface area contributed by atoms with Crippen molar-refractivity contribution in [1.29, 1.82) is 0 Å². The Morgan fingerprint density at radius 3 is 1.57 bits per heavy atom. The number of aliphatic hydroxyl groups is 2. The average molecular weight is 1450 g/mol. The number of aliphatic hydroxyl groups excluding tert-OH is 2. The summed E-state index contributed by atoms with van der Waals surface area (Å²) >= 11 is 0. The number of esters is 1. The van der Waals surface area contributed by atoms with Crippen LogP contribution >= 0.6 is 0 Å². The van der Waals surface area contributed by atoms with Crippen LogP contribution in [0.25, 0.3) is 0 Å². The number of hydrogen-bond donors (Lipinski definition) is 3. The van der Waals surface area contributed by atoms with Crippen molar-refractivity contribution in [2.24, 2.45) is 10.9 Å². The molecule has 3 N–H and O–H groups in total. The van der Waals surface area contributed by atoms with E-state index in [1.165, 1.54) is 27.4 Å². The number of ether oxygens (including phenoxy) is 15. The third-order valence-corrected chi connectivity index (χ3v) is 19.3. The number of aliphatic carboxylic acids is 1. The first-order valence-corrected chi connectivity index (χ1v) is 36.2. The molecule has 3 heterocycles. The fourth-order valence-corrected chi connectivity index (χ4v) is 13.6. The predicted molar refractivity (Wildman–Crippen MR) is 378 cm³/mol. The van der Waals surface area contributed by atoms with E-state index in [0.717, 1.165) is 85.6 Å². The van der Waals surface area contributed by atoms with Crippen LogP contribution in [0, 0.1) is 5.92 Å². The van der Waals surface area contributed by atoms with Crippen LogP contribution in [0.2, 0.25) is 0 Å². The molecule has 6 aromatic rings. The maximum atomic E-state index is 15.4. The van der Waals surface area contributed by atoms with Crippen LogP contribution in [0.4, 0.5) is 0 Å². The van der Waals surface area contributed by atoms with Crippen molar-refractivity contribution in [1.82, 2.24) is 0 Å². The SMILES string of the molecule is COC(=O)CCCCCCCCO[C@@H]1O[C@H](COCc2ccccc2)[C@@H](O[C@@H]2O[C@H](COCc3ccccc3)[C@H](O)[C@H](O[C@@H](CC3CCCCC3)C(=O)O)[C@H]2O)[C@H](O[C@@H]2O[C@@H](C)[C@@H](OCc3ccccc3)[C@@H](OCc3ccccc3)[C@@H]2OCc2ccccc2)[C@H]1N=C([O-])c1ccc(OC)c(OC)c1.[Na+]. The molecule has 10 rings (SSSR count). The fraction of sp³-hybridized carbons (Fsp3) is 0.519. The quantitative estimate of drug-likeness (QED) is 0.0109. The summed E-state index contributed by atoms with van der Waals surface area (Å²) in [7, 11) is 4.33. The summed E-state index contributed by atoms with van der Waals surface area (Å²) in [6.45, 7) is 2.05. The maximum Gasteiger partial charge on any atom is 1.00 e. The number of carboxylic acids is 1. The molecule has 0 radical (unpaired) electrons. The topological polar surface area (TPSA) is 269 Å². The second kappa shape index (κ2) is 43.5. The molecular weight excluding hydrogens is 1350 g/mol. The number of aliphatic imine (C=N–C) groups is 1. The molecule has 4 aliphatic rings. The van der Waals surface area contributed by atoms with Gasteiger partial charge in [0.15, 0.2) is 36.5 Å². The summed E-state index contributed by atoms with van der Waals surface area (Å²) in [5, 5.41) is 51.7. The zero-order valence-electron chi connectivity index (χ0n) is 60.5. The molecule has 104 heavy (non-hydrogen) atoms. The molecule has 0 spiro atoms. The number of nitrogens with zero attached hydrogens (tertiary/aromatic N) is 1. The van der Waals surface area contributed by atoms with Crippen molar-refractivity contribution in [2.45, 2.75) is 222 Å². The molecule has 3 aliphatic heterocycles. The minimum atomic E-state index is -1.90. The van der Waals surface area contributed by atoms with Crippen LogP contribution in [0.3, 0.4) is 0 Å².